The average molecular weight is 575 g/mol. The van der Waals surface area contributed by atoms with Crippen LogP contribution < -0.4 is 16.0 Å². The Morgan fingerprint density at radius 3 is 2.63 bits per heavy atom. The van der Waals surface area contributed by atoms with Crippen LogP contribution in [0.5, 0.6) is 0 Å². The van der Waals surface area contributed by atoms with E-state index < -0.39 is 5.91 Å². The van der Waals surface area contributed by atoms with Crippen molar-refractivity contribution in [3.05, 3.63) is 53.7 Å². The van der Waals surface area contributed by atoms with Gasteiger partial charge in [0.15, 0.2) is 17.2 Å². The maximum atomic E-state index is 13.2. The number of hydrogen-bond acceptors (Lipinski definition) is 9. The van der Waals surface area contributed by atoms with E-state index in [2.05, 4.69) is 31.0 Å². The molecule has 41 heavy (non-hydrogen) atoms. The zero-order valence-electron chi connectivity index (χ0n) is 22.8. The van der Waals surface area contributed by atoms with Crippen molar-refractivity contribution in [3.8, 4) is 6.07 Å². The van der Waals surface area contributed by atoms with E-state index in [9.17, 15) is 9.59 Å². The van der Waals surface area contributed by atoms with Gasteiger partial charge in [0.05, 0.1) is 24.4 Å². The molecule has 0 bridgehead atoms. The Morgan fingerprint density at radius 2 is 1.93 bits per heavy atom. The number of nitriles is 1. The van der Waals surface area contributed by atoms with Crippen LogP contribution in [0.2, 0.25) is 5.15 Å². The van der Waals surface area contributed by atoms with Crippen LogP contribution in [-0.4, -0.2) is 47.1 Å². The Labute approximate surface area is 242 Å². The molecule has 0 saturated heterocycles. The monoisotopic (exact) mass is 574 g/mol. The van der Waals surface area contributed by atoms with E-state index in [1.54, 1.807) is 12.1 Å². The van der Waals surface area contributed by atoms with E-state index in [1.165, 1.54) is 16.9 Å². The Bertz CT molecular complexity index is 1600. The molecule has 0 unspecified atom stereocenters. The summed E-state index contributed by atoms with van der Waals surface area (Å²) in [6.45, 7) is 4.10. The third-order valence-corrected chi connectivity index (χ3v) is 7.28. The van der Waals surface area contributed by atoms with Crippen molar-refractivity contribution in [2.75, 3.05) is 16.0 Å². The number of hydrogen-bond donors (Lipinski definition) is 3. The molecule has 1 aliphatic rings. The Morgan fingerprint density at radius 1 is 1.12 bits per heavy atom. The predicted molar refractivity (Wildman–Crippen MR) is 155 cm³/mol. The number of nitrogens with zero attached hydrogens (tertiary/aromatic N) is 7. The number of ketones is 1. The summed E-state index contributed by atoms with van der Waals surface area (Å²) in [6.07, 6.45) is 8.83. The topological polar surface area (TPSA) is 155 Å². The molecular weight excluding hydrogens is 544 g/mol. The van der Waals surface area contributed by atoms with Gasteiger partial charge in [-0.2, -0.15) is 10.4 Å². The first-order chi connectivity index (χ1) is 19.8. The highest BCUT2D eigenvalue weighted by atomic mass is 35.5. The first kappa shape index (κ1) is 28.0. The van der Waals surface area contributed by atoms with E-state index >= 15 is 0 Å². The molecule has 0 atom stereocenters. The molecule has 1 amide bonds. The molecule has 5 rings (SSSR count). The van der Waals surface area contributed by atoms with Gasteiger partial charge in [-0.15, -0.1) is 5.10 Å². The molecule has 13 heteroatoms. The van der Waals surface area contributed by atoms with Crippen molar-refractivity contribution in [1.29, 1.82) is 5.26 Å². The Balaban J connectivity index is 1.40. The van der Waals surface area contributed by atoms with Gasteiger partial charge >= 0.3 is 0 Å². The summed E-state index contributed by atoms with van der Waals surface area (Å²) in [6, 6.07) is 9.24. The van der Waals surface area contributed by atoms with Gasteiger partial charge in [-0.25, -0.2) is 14.5 Å². The summed E-state index contributed by atoms with van der Waals surface area (Å²) in [7, 11) is 0. The largest absolute Gasteiger partial charge is 0.366 e. The van der Waals surface area contributed by atoms with Crippen LogP contribution in [0.3, 0.4) is 0 Å². The lowest BCUT2D eigenvalue weighted by molar-refractivity contribution is -0.119. The number of fused-ring (bicyclic) bond motifs is 1. The molecular formula is C28H31ClN10O2. The third kappa shape index (κ3) is 6.81. The summed E-state index contributed by atoms with van der Waals surface area (Å²) in [4.78, 5) is 33.6. The maximum absolute atomic E-state index is 13.2. The van der Waals surface area contributed by atoms with E-state index in [0.717, 1.165) is 25.7 Å². The number of Topliss-reactive ketones (excluding diaryl/α,β-unsaturated/α-hetero) is 1. The zero-order chi connectivity index (χ0) is 28.9. The number of aromatic nitrogens is 6. The molecule has 4 heterocycles. The second kappa shape index (κ2) is 12.3. The van der Waals surface area contributed by atoms with Gasteiger partial charge < -0.3 is 16.0 Å². The number of amides is 1. The van der Waals surface area contributed by atoms with Crippen LogP contribution in [-0.2, 0) is 4.79 Å². The highest BCUT2D eigenvalue weighted by molar-refractivity contribution is 6.29. The molecule has 1 saturated carbocycles. The molecule has 12 nitrogen and oxygen atoms in total. The number of rotatable bonds is 10. The first-order valence-corrected chi connectivity index (χ1v) is 14.0. The maximum Gasteiger partial charge on any atom is 0.276 e. The molecule has 4 aromatic rings. The molecule has 212 valence electrons. The van der Waals surface area contributed by atoms with E-state index in [1.807, 2.05) is 42.9 Å². The fourth-order valence-electron chi connectivity index (χ4n) is 4.99. The standard InChI is InChI=1S/C28H31ClN10O2/c1-17(2)38-12-9-25(36-38)35-22-15-26(33-19-5-3-18(4-6-19)13-21(40)7-10-30)37-39-23(16-32-27(22)39)28(41)34-20-8-11-31-24(29)14-20/h8-9,11-12,14-19H,3-7,13H2,1-2H3,(H,33,37)(H,35,36)(H,31,34,41). The van der Waals surface area contributed by atoms with Crippen LogP contribution >= 0.6 is 11.6 Å². The molecule has 0 aliphatic heterocycles. The number of carbonyl (C=O) groups excluding carboxylic acids is 2. The zero-order valence-corrected chi connectivity index (χ0v) is 23.6. The lowest BCUT2D eigenvalue weighted by atomic mass is 9.83. The molecule has 0 radical (unpaired) electrons. The fraction of sp³-hybridized carbons (Fsp3) is 0.393. The minimum Gasteiger partial charge on any atom is -0.366 e. The van der Waals surface area contributed by atoms with Crippen molar-refractivity contribution in [3.63, 3.8) is 0 Å². The van der Waals surface area contributed by atoms with Gasteiger partial charge in [0, 0.05) is 48.7 Å². The molecule has 1 aliphatic carbocycles. The average Bonchev–Trinajstić information content (AvgIpc) is 3.58. The fourth-order valence-corrected chi connectivity index (χ4v) is 5.17. The normalized spacial score (nSPS) is 16.9. The number of halogens is 1. The van der Waals surface area contributed by atoms with E-state index in [0.29, 0.717) is 41.0 Å². The lowest BCUT2D eigenvalue weighted by Gasteiger charge is -2.29. The first-order valence-electron chi connectivity index (χ1n) is 13.6. The van der Waals surface area contributed by atoms with Gasteiger partial charge in [0.25, 0.3) is 5.91 Å². The Kier molecular flexibility index (Phi) is 8.45. The van der Waals surface area contributed by atoms with Crippen molar-refractivity contribution in [1.82, 2.24) is 29.4 Å². The van der Waals surface area contributed by atoms with Crippen LogP contribution in [0.4, 0.5) is 23.0 Å². The molecule has 3 N–H and O–H groups in total. The van der Waals surface area contributed by atoms with E-state index in [-0.39, 0.29) is 35.1 Å². The minimum atomic E-state index is -0.401. The summed E-state index contributed by atoms with van der Waals surface area (Å²) < 4.78 is 3.36. The van der Waals surface area contributed by atoms with Gasteiger partial charge in [0.1, 0.15) is 16.8 Å². The number of imidazole rings is 1. The summed E-state index contributed by atoms with van der Waals surface area (Å²) >= 11 is 5.98. The number of pyridine rings is 1. The SMILES string of the molecule is CC(C)n1ccc(Nc2cc(NC3CCC(CC(=O)CC#N)CC3)nn3c(C(=O)Nc4ccnc(Cl)c4)cnc23)n1. The highest BCUT2D eigenvalue weighted by Gasteiger charge is 2.24. The van der Waals surface area contributed by atoms with Gasteiger partial charge in [-0.05, 0) is 57.6 Å². The van der Waals surface area contributed by atoms with Crippen LogP contribution in [0.25, 0.3) is 5.65 Å². The number of nitrogens with one attached hydrogen (secondary N) is 3. The number of carbonyl (C=O) groups is 2. The molecule has 4 aromatic heterocycles. The van der Waals surface area contributed by atoms with Gasteiger partial charge in [0.2, 0.25) is 0 Å². The van der Waals surface area contributed by atoms with E-state index in [4.69, 9.17) is 22.0 Å². The molecule has 0 aromatic carbocycles. The van der Waals surface area contributed by atoms with Crippen molar-refractivity contribution in [2.45, 2.75) is 64.5 Å². The van der Waals surface area contributed by atoms with Crippen LogP contribution in [0.15, 0.2) is 42.9 Å². The van der Waals surface area contributed by atoms with Crippen molar-refractivity contribution < 1.29 is 9.59 Å². The lowest BCUT2D eigenvalue weighted by Crippen LogP contribution is -2.28. The Hall–Kier alpha value is -4.50. The van der Waals surface area contributed by atoms with Crippen molar-refractivity contribution >= 4 is 51.9 Å². The van der Waals surface area contributed by atoms with Gasteiger partial charge in [-0.1, -0.05) is 11.6 Å². The molecule has 0 spiro atoms. The quantitative estimate of drug-likeness (QED) is 0.211. The minimum absolute atomic E-state index is 0.00611. The summed E-state index contributed by atoms with van der Waals surface area (Å²) in [5.74, 6) is 1.11. The smallest absolute Gasteiger partial charge is 0.276 e. The number of anilines is 4. The summed E-state index contributed by atoms with van der Waals surface area (Å²) in [5.41, 5.74) is 1.85. The molecule has 1 fully saturated rings. The van der Waals surface area contributed by atoms with Crippen LogP contribution in [0.1, 0.15) is 68.9 Å². The van der Waals surface area contributed by atoms with Gasteiger partial charge in [-0.3, -0.25) is 14.3 Å². The third-order valence-electron chi connectivity index (χ3n) is 7.08. The second-order valence-corrected chi connectivity index (χ2v) is 10.9. The second-order valence-electron chi connectivity index (χ2n) is 10.5. The predicted octanol–water partition coefficient (Wildman–Crippen LogP) is 5.39. The van der Waals surface area contributed by atoms with Crippen LogP contribution in [0, 0.1) is 17.2 Å². The van der Waals surface area contributed by atoms with Crippen molar-refractivity contribution in [2.24, 2.45) is 5.92 Å². The summed E-state index contributed by atoms with van der Waals surface area (Å²) in [5, 5.41) is 28.0. The highest BCUT2D eigenvalue weighted by Crippen LogP contribution is 2.31.